The lowest BCUT2D eigenvalue weighted by Gasteiger charge is -2.14. The zero-order valence-corrected chi connectivity index (χ0v) is 23.9. The van der Waals surface area contributed by atoms with E-state index in [2.05, 4.69) is 20.8 Å². The Bertz CT molecular complexity index is 463. The lowest BCUT2D eigenvalue weighted by Crippen LogP contribution is -2.09. The number of hydrogen-bond donors (Lipinski definition) is 0. The first-order valence-corrected chi connectivity index (χ1v) is 15.4. The number of rotatable bonds is 27. The largest absolute Gasteiger partial charge is 0.466 e. The Balaban J connectivity index is 3.42. The summed E-state index contributed by atoms with van der Waals surface area (Å²) in [6.45, 7) is 7.84. The predicted molar refractivity (Wildman–Crippen MR) is 149 cm³/mol. The first-order valence-electron chi connectivity index (χ1n) is 15.4. The second kappa shape index (κ2) is 27.5. The predicted octanol–water partition coefficient (Wildman–Crippen LogP) is 9.72. The van der Waals surface area contributed by atoms with E-state index in [0.29, 0.717) is 32.0 Å². The summed E-state index contributed by atoms with van der Waals surface area (Å²) >= 11 is 0. The van der Waals surface area contributed by atoms with E-state index in [1.54, 1.807) is 0 Å². The molecule has 208 valence electrons. The van der Waals surface area contributed by atoms with Crippen LogP contribution < -0.4 is 0 Å². The van der Waals surface area contributed by atoms with E-state index in [4.69, 9.17) is 9.47 Å². The molecule has 0 aliphatic heterocycles. The van der Waals surface area contributed by atoms with Crippen molar-refractivity contribution in [3.63, 3.8) is 0 Å². The Labute approximate surface area is 218 Å². The van der Waals surface area contributed by atoms with E-state index in [9.17, 15) is 9.59 Å². The van der Waals surface area contributed by atoms with E-state index < -0.39 is 0 Å². The van der Waals surface area contributed by atoms with Gasteiger partial charge in [0, 0.05) is 12.8 Å². The van der Waals surface area contributed by atoms with Crippen molar-refractivity contribution in [1.29, 1.82) is 0 Å². The van der Waals surface area contributed by atoms with Gasteiger partial charge in [-0.1, -0.05) is 130 Å². The maximum Gasteiger partial charge on any atom is 0.305 e. The molecule has 0 saturated carbocycles. The first kappa shape index (κ1) is 33.9. The fourth-order valence-corrected chi connectivity index (χ4v) is 4.57. The first-order chi connectivity index (χ1) is 17.1. The molecule has 1 unspecified atom stereocenters. The highest BCUT2D eigenvalue weighted by atomic mass is 16.5. The van der Waals surface area contributed by atoms with Crippen LogP contribution in [0.4, 0.5) is 0 Å². The van der Waals surface area contributed by atoms with Gasteiger partial charge >= 0.3 is 11.9 Å². The van der Waals surface area contributed by atoms with Crippen molar-refractivity contribution in [2.75, 3.05) is 13.2 Å². The molecular formula is C31H60O4. The van der Waals surface area contributed by atoms with E-state index in [0.717, 1.165) is 32.1 Å². The molecule has 4 nitrogen and oxygen atoms in total. The van der Waals surface area contributed by atoms with Crippen molar-refractivity contribution in [3.05, 3.63) is 0 Å². The van der Waals surface area contributed by atoms with Crippen molar-refractivity contribution >= 4 is 11.9 Å². The van der Waals surface area contributed by atoms with Crippen molar-refractivity contribution in [3.8, 4) is 0 Å². The number of carbonyl (C=O) groups excluding carboxylic acids is 2. The van der Waals surface area contributed by atoms with Crippen LogP contribution in [0.1, 0.15) is 168 Å². The monoisotopic (exact) mass is 496 g/mol. The molecule has 0 spiro atoms. The Kier molecular flexibility index (Phi) is 26.7. The zero-order valence-electron chi connectivity index (χ0n) is 23.9. The average Bonchev–Trinajstić information content (AvgIpc) is 2.86. The summed E-state index contributed by atoms with van der Waals surface area (Å²) in [6, 6.07) is 0. The minimum Gasteiger partial charge on any atom is -0.466 e. The molecule has 0 amide bonds. The van der Waals surface area contributed by atoms with E-state index in [-0.39, 0.29) is 11.9 Å². The van der Waals surface area contributed by atoms with Gasteiger partial charge in [0.2, 0.25) is 0 Å². The van der Waals surface area contributed by atoms with E-state index >= 15 is 0 Å². The summed E-state index contributed by atoms with van der Waals surface area (Å²) in [5.74, 6) is 0.656. The van der Waals surface area contributed by atoms with Gasteiger partial charge in [-0.3, -0.25) is 9.59 Å². The fraction of sp³-hybridized carbons (Fsp3) is 0.935. The molecule has 0 N–H and O–H groups in total. The summed E-state index contributed by atoms with van der Waals surface area (Å²) in [6.07, 6.45) is 26.4. The Morgan fingerprint density at radius 3 is 1.40 bits per heavy atom. The second-order valence-corrected chi connectivity index (χ2v) is 10.4. The summed E-state index contributed by atoms with van der Waals surface area (Å²) < 4.78 is 10.7. The van der Waals surface area contributed by atoms with Crippen LogP contribution in [0, 0.1) is 5.92 Å². The van der Waals surface area contributed by atoms with Crippen LogP contribution in [0.3, 0.4) is 0 Å². The van der Waals surface area contributed by atoms with Gasteiger partial charge in [-0.15, -0.1) is 0 Å². The molecule has 35 heavy (non-hydrogen) atoms. The van der Waals surface area contributed by atoms with Crippen molar-refractivity contribution < 1.29 is 19.1 Å². The van der Waals surface area contributed by atoms with Gasteiger partial charge in [-0.25, -0.2) is 0 Å². The highest BCUT2D eigenvalue weighted by Crippen LogP contribution is 2.20. The van der Waals surface area contributed by atoms with Gasteiger partial charge in [-0.05, 0) is 31.6 Å². The molecule has 0 radical (unpaired) electrons. The molecular weight excluding hydrogens is 436 g/mol. The average molecular weight is 497 g/mol. The normalized spacial score (nSPS) is 12.0. The minimum atomic E-state index is -0.00968. The Hall–Kier alpha value is -1.06. The summed E-state index contributed by atoms with van der Waals surface area (Å²) in [7, 11) is 0. The van der Waals surface area contributed by atoms with Crippen LogP contribution in [0.5, 0.6) is 0 Å². The highest BCUT2D eigenvalue weighted by molar-refractivity contribution is 5.69. The third-order valence-electron chi connectivity index (χ3n) is 7.10. The van der Waals surface area contributed by atoms with Gasteiger partial charge in [0.15, 0.2) is 0 Å². The molecule has 0 fully saturated rings. The fourth-order valence-electron chi connectivity index (χ4n) is 4.57. The molecule has 0 aliphatic rings. The van der Waals surface area contributed by atoms with E-state index in [1.165, 1.54) is 103 Å². The van der Waals surface area contributed by atoms with Crippen LogP contribution in [0.15, 0.2) is 0 Å². The smallest absolute Gasteiger partial charge is 0.305 e. The summed E-state index contributed by atoms with van der Waals surface area (Å²) in [5, 5.41) is 0. The van der Waals surface area contributed by atoms with Gasteiger partial charge in [0.25, 0.3) is 0 Å². The minimum absolute atomic E-state index is 0.00214. The van der Waals surface area contributed by atoms with Gasteiger partial charge < -0.3 is 9.47 Å². The SMILES string of the molecule is CCCCCCOC(=O)CCCCCCCCCCCCC(CC)CCC(=O)OCCCCCC. The molecule has 4 heteroatoms. The van der Waals surface area contributed by atoms with Crippen molar-refractivity contribution in [2.45, 2.75) is 168 Å². The molecule has 0 aromatic carbocycles. The third-order valence-corrected chi connectivity index (χ3v) is 7.10. The number of esters is 2. The Morgan fingerprint density at radius 1 is 0.486 bits per heavy atom. The lowest BCUT2D eigenvalue weighted by atomic mass is 9.93. The quantitative estimate of drug-likeness (QED) is 0.0838. The Morgan fingerprint density at radius 2 is 0.914 bits per heavy atom. The van der Waals surface area contributed by atoms with Crippen LogP contribution in [-0.4, -0.2) is 25.2 Å². The van der Waals surface area contributed by atoms with Crippen LogP contribution in [-0.2, 0) is 19.1 Å². The van der Waals surface area contributed by atoms with Gasteiger partial charge in [0.1, 0.15) is 0 Å². The highest BCUT2D eigenvalue weighted by Gasteiger charge is 2.10. The van der Waals surface area contributed by atoms with Gasteiger partial charge in [0.05, 0.1) is 13.2 Å². The van der Waals surface area contributed by atoms with Crippen LogP contribution in [0.25, 0.3) is 0 Å². The lowest BCUT2D eigenvalue weighted by molar-refractivity contribution is -0.145. The number of hydrogen-bond acceptors (Lipinski definition) is 4. The topological polar surface area (TPSA) is 52.6 Å². The van der Waals surface area contributed by atoms with Gasteiger partial charge in [-0.2, -0.15) is 0 Å². The van der Waals surface area contributed by atoms with E-state index in [1.807, 2.05) is 0 Å². The summed E-state index contributed by atoms with van der Waals surface area (Å²) in [5.41, 5.74) is 0. The molecule has 0 heterocycles. The summed E-state index contributed by atoms with van der Waals surface area (Å²) in [4.78, 5) is 23.6. The number of unbranched alkanes of at least 4 members (excludes halogenated alkanes) is 15. The molecule has 0 rings (SSSR count). The maximum atomic E-state index is 11.9. The molecule has 0 aromatic rings. The molecule has 0 aliphatic carbocycles. The number of carbonyl (C=O) groups is 2. The third kappa shape index (κ3) is 25.8. The van der Waals surface area contributed by atoms with Crippen molar-refractivity contribution in [1.82, 2.24) is 0 Å². The van der Waals surface area contributed by atoms with Crippen LogP contribution >= 0.6 is 0 Å². The van der Waals surface area contributed by atoms with Crippen molar-refractivity contribution in [2.24, 2.45) is 5.92 Å². The molecule has 0 bridgehead atoms. The molecule has 1 atom stereocenters. The standard InChI is InChI=1S/C31H60O4/c1-4-7-9-21-27-34-30(32)24-20-18-16-14-12-11-13-15-17-19-23-29(6-3)25-26-31(33)35-28-22-10-8-5-2/h29H,4-28H2,1-3H3. The molecule has 0 aromatic heterocycles. The second-order valence-electron chi connectivity index (χ2n) is 10.4. The van der Waals surface area contributed by atoms with Crippen LogP contribution in [0.2, 0.25) is 0 Å². The molecule has 0 saturated heterocycles. The number of ether oxygens (including phenoxy) is 2. The maximum absolute atomic E-state index is 11.9. The zero-order chi connectivity index (χ0) is 25.8.